The van der Waals surface area contributed by atoms with Crippen LogP contribution in [0, 0.1) is 0 Å². The highest BCUT2D eigenvalue weighted by Gasteiger charge is 2.18. The number of hydrogen-bond donors (Lipinski definition) is 0. The van der Waals surface area contributed by atoms with Crippen molar-refractivity contribution in [2.24, 2.45) is 0 Å². The molecule has 1 aromatic carbocycles. The minimum atomic E-state index is 0.217. The van der Waals surface area contributed by atoms with Gasteiger partial charge in [0.2, 0.25) is 0 Å². The molecule has 0 amide bonds. The van der Waals surface area contributed by atoms with E-state index in [4.69, 9.17) is 14.2 Å². The second-order valence-electron chi connectivity index (χ2n) is 4.23. The smallest absolute Gasteiger partial charge is 0.164 e. The van der Waals surface area contributed by atoms with Crippen LogP contribution in [0.1, 0.15) is 23.2 Å². The number of alkyl halides is 1. The van der Waals surface area contributed by atoms with E-state index in [-0.39, 0.29) is 4.83 Å². The maximum Gasteiger partial charge on any atom is 0.164 e. The van der Waals surface area contributed by atoms with Crippen LogP contribution in [0.3, 0.4) is 0 Å². The van der Waals surface area contributed by atoms with Crippen molar-refractivity contribution in [2.45, 2.75) is 18.2 Å². The van der Waals surface area contributed by atoms with E-state index in [2.05, 4.69) is 33.1 Å². The Morgan fingerprint density at radius 1 is 1.05 bits per heavy atom. The fourth-order valence-corrected chi connectivity index (χ4v) is 3.14. The average Bonchev–Trinajstić information content (AvgIpc) is 3.02. The Morgan fingerprint density at radius 3 is 2.24 bits per heavy atom. The highest BCUT2D eigenvalue weighted by Crippen LogP contribution is 2.42. The molecule has 0 spiro atoms. The molecule has 2 aromatic rings. The van der Waals surface area contributed by atoms with Gasteiger partial charge >= 0.3 is 0 Å². The fraction of sp³-hybridized carbons (Fsp3) is 0.429. The number of ether oxygens (including phenoxy) is 3. The molecule has 0 N–H and O–H groups in total. The van der Waals surface area contributed by atoms with Crippen molar-refractivity contribution in [3.8, 4) is 27.8 Å². The molecule has 1 aromatic heterocycles. The summed E-state index contributed by atoms with van der Waals surface area (Å²) in [5.41, 5.74) is 0.842. The molecule has 0 saturated carbocycles. The van der Waals surface area contributed by atoms with Crippen molar-refractivity contribution in [1.29, 1.82) is 0 Å². The number of hydrogen-bond acceptors (Lipinski definition) is 6. The summed E-state index contributed by atoms with van der Waals surface area (Å²) in [5.74, 6) is 1.93. The standard InChI is InChI=1S/C14H17BrN2O3S/c1-5-9(15)14-17-16-13(21-14)8-6-11(19-3)12(20-4)7-10(8)18-2/h6-7,9H,5H2,1-4H3. The summed E-state index contributed by atoms with van der Waals surface area (Å²) in [6.45, 7) is 2.09. The zero-order valence-corrected chi connectivity index (χ0v) is 14.7. The van der Waals surface area contributed by atoms with Crippen molar-refractivity contribution in [2.75, 3.05) is 21.3 Å². The Bertz CT molecular complexity index is 618. The Kier molecular flexibility index (Phi) is 5.41. The van der Waals surface area contributed by atoms with Crippen molar-refractivity contribution in [3.05, 3.63) is 17.1 Å². The van der Waals surface area contributed by atoms with E-state index in [0.717, 1.165) is 22.0 Å². The van der Waals surface area contributed by atoms with Crippen LogP contribution in [0.15, 0.2) is 12.1 Å². The third-order valence-electron chi connectivity index (χ3n) is 3.00. The van der Waals surface area contributed by atoms with Crippen LogP contribution >= 0.6 is 27.3 Å². The summed E-state index contributed by atoms with van der Waals surface area (Å²) in [7, 11) is 4.81. The van der Waals surface area contributed by atoms with Crippen LogP contribution in [-0.2, 0) is 0 Å². The van der Waals surface area contributed by atoms with Gasteiger partial charge in [0.25, 0.3) is 0 Å². The molecule has 1 heterocycles. The molecule has 0 radical (unpaired) electrons. The molecular formula is C14H17BrN2O3S. The van der Waals surface area contributed by atoms with Gasteiger partial charge in [-0.1, -0.05) is 34.2 Å². The van der Waals surface area contributed by atoms with E-state index in [1.165, 1.54) is 11.3 Å². The zero-order chi connectivity index (χ0) is 15.4. The molecule has 114 valence electrons. The number of rotatable bonds is 6. The van der Waals surface area contributed by atoms with Crippen LogP contribution in [0.5, 0.6) is 17.2 Å². The van der Waals surface area contributed by atoms with Gasteiger partial charge in [0.15, 0.2) is 16.5 Å². The second kappa shape index (κ2) is 7.09. The van der Waals surface area contributed by atoms with Gasteiger partial charge in [0, 0.05) is 6.07 Å². The topological polar surface area (TPSA) is 53.5 Å². The Balaban J connectivity index is 2.49. The van der Waals surface area contributed by atoms with Crippen LogP contribution in [0.25, 0.3) is 10.6 Å². The van der Waals surface area contributed by atoms with Crippen LogP contribution in [0.4, 0.5) is 0 Å². The molecule has 1 atom stereocenters. The molecular weight excluding hydrogens is 356 g/mol. The number of nitrogens with zero attached hydrogens (tertiary/aromatic N) is 2. The molecule has 0 fully saturated rings. The molecule has 2 rings (SSSR count). The van der Waals surface area contributed by atoms with E-state index in [9.17, 15) is 0 Å². The predicted molar refractivity (Wildman–Crippen MR) is 87.0 cm³/mol. The van der Waals surface area contributed by atoms with Crippen LogP contribution in [-0.4, -0.2) is 31.5 Å². The van der Waals surface area contributed by atoms with E-state index in [1.54, 1.807) is 27.4 Å². The number of methoxy groups -OCH3 is 3. The van der Waals surface area contributed by atoms with E-state index in [1.807, 2.05) is 6.07 Å². The highest BCUT2D eigenvalue weighted by atomic mass is 79.9. The van der Waals surface area contributed by atoms with Gasteiger partial charge in [-0.15, -0.1) is 10.2 Å². The summed E-state index contributed by atoms with van der Waals surface area (Å²) < 4.78 is 16.1. The van der Waals surface area contributed by atoms with Gasteiger partial charge < -0.3 is 14.2 Å². The molecule has 7 heteroatoms. The van der Waals surface area contributed by atoms with Crippen molar-refractivity contribution in [3.63, 3.8) is 0 Å². The van der Waals surface area contributed by atoms with Crippen LogP contribution < -0.4 is 14.2 Å². The molecule has 1 unspecified atom stereocenters. The van der Waals surface area contributed by atoms with Gasteiger partial charge in [0.05, 0.1) is 31.7 Å². The summed E-state index contributed by atoms with van der Waals surface area (Å²) in [5, 5.41) is 10.2. The highest BCUT2D eigenvalue weighted by molar-refractivity contribution is 9.09. The first-order valence-corrected chi connectivity index (χ1v) is 8.15. The maximum atomic E-state index is 5.43. The van der Waals surface area contributed by atoms with Gasteiger partial charge in [-0.05, 0) is 12.5 Å². The minimum Gasteiger partial charge on any atom is -0.496 e. The van der Waals surface area contributed by atoms with E-state index < -0.39 is 0 Å². The maximum absolute atomic E-state index is 5.43. The number of aromatic nitrogens is 2. The zero-order valence-electron chi connectivity index (χ0n) is 12.3. The molecule has 21 heavy (non-hydrogen) atoms. The van der Waals surface area contributed by atoms with Gasteiger partial charge in [-0.3, -0.25) is 0 Å². The molecule has 0 saturated heterocycles. The predicted octanol–water partition coefficient (Wildman–Crippen LogP) is 4.08. The molecule has 5 nitrogen and oxygen atoms in total. The first kappa shape index (κ1) is 16.0. The van der Waals surface area contributed by atoms with Gasteiger partial charge in [0.1, 0.15) is 10.8 Å². The summed E-state index contributed by atoms with van der Waals surface area (Å²) in [4.78, 5) is 0.217. The summed E-state index contributed by atoms with van der Waals surface area (Å²) >= 11 is 5.12. The van der Waals surface area contributed by atoms with E-state index in [0.29, 0.717) is 17.2 Å². The normalized spacial score (nSPS) is 12.0. The van der Waals surface area contributed by atoms with Crippen molar-refractivity contribution < 1.29 is 14.2 Å². The number of halogens is 1. The van der Waals surface area contributed by atoms with Crippen LogP contribution in [0.2, 0.25) is 0 Å². The van der Waals surface area contributed by atoms with Crippen molar-refractivity contribution in [1.82, 2.24) is 10.2 Å². The molecule has 0 bridgehead atoms. The average molecular weight is 373 g/mol. The van der Waals surface area contributed by atoms with Gasteiger partial charge in [-0.25, -0.2) is 0 Å². The summed E-state index contributed by atoms with van der Waals surface area (Å²) in [6, 6.07) is 3.65. The lowest BCUT2D eigenvalue weighted by molar-refractivity contribution is 0.349. The Morgan fingerprint density at radius 2 is 1.67 bits per heavy atom. The summed E-state index contributed by atoms with van der Waals surface area (Å²) in [6.07, 6.45) is 0.956. The minimum absolute atomic E-state index is 0.217. The SMILES string of the molecule is CCC(Br)c1nnc(-c2cc(OC)c(OC)cc2OC)s1. The van der Waals surface area contributed by atoms with Crippen molar-refractivity contribution >= 4 is 27.3 Å². The molecule has 0 aliphatic heterocycles. The monoisotopic (exact) mass is 372 g/mol. The largest absolute Gasteiger partial charge is 0.496 e. The molecule has 0 aliphatic rings. The lowest BCUT2D eigenvalue weighted by Crippen LogP contribution is -1.94. The van der Waals surface area contributed by atoms with E-state index >= 15 is 0 Å². The van der Waals surface area contributed by atoms with Gasteiger partial charge in [-0.2, -0.15) is 0 Å². The third-order valence-corrected chi connectivity index (χ3v) is 5.46. The molecule has 0 aliphatic carbocycles. The fourth-order valence-electron chi connectivity index (χ4n) is 1.84. The first-order chi connectivity index (χ1) is 10.1. The Labute approximate surface area is 136 Å². The second-order valence-corrected chi connectivity index (χ2v) is 6.34. The first-order valence-electron chi connectivity index (χ1n) is 6.42. The number of benzene rings is 1. The lowest BCUT2D eigenvalue weighted by atomic mass is 10.2. The Hall–Kier alpha value is -1.34. The third kappa shape index (κ3) is 3.29. The quantitative estimate of drug-likeness (QED) is 0.715. The lowest BCUT2D eigenvalue weighted by Gasteiger charge is -2.12.